The first-order valence-electron chi connectivity index (χ1n) is 14.7. The number of hydrogen-bond donors (Lipinski definition) is 0. The van der Waals surface area contributed by atoms with E-state index in [0.29, 0.717) is 30.8 Å². The number of aromatic nitrogens is 3. The molecule has 0 amide bonds. The molecule has 2 fully saturated rings. The number of rotatable bonds is 9. The largest absolute Gasteiger partial charge is 0.493 e. The van der Waals surface area contributed by atoms with E-state index in [2.05, 4.69) is 32.0 Å². The molecule has 3 aromatic carbocycles. The summed E-state index contributed by atoms with van der Waals surface area (Å²) in [6.07, 6.45) is 3.47. The second-order valence-corrected chi connectivity index (χ2v) is 11.4. The molecular weight excluding hydrogens is 568 g/mol. The number of halogens is 2. The molecule has 0 radical (unpaired) electrons. The number of ether oxygens (including phenoxy) is 3. The van der Waals surface area contributed by atoms with Gasteiger partial charge >= 0.3 is 5.97 Å². The van der Waals surface area contributed by atoms with Crippen LogP contribution in [0.1, 0.15) is 27.9 Å². The Morgan fingerprint density at radius 2 is 1.73 bits per heavy atom. The van der Waals surface area contributed by atoms with E-state index in [1.54, 1.807) is 23.1 Å². The molecule has 2 saturated heterocycles. The van der Waals surface area contributed by atoms with Crippen LogP contribution in [-0.2, 0) is 21.6 Å². The Morgan fingerprint density at radius 3 is 2.39 bits per heavy atom. The monoisotopic (exact) mass is 603 g/mol. The van der Waals surface area contributed by atoms with Crippen molar-refractivity contribution in [2.45, 2.75) is 25.5 Å². The van der Waals surface area contributed by atoms with Crippen molar-refractivity contribution in [1.82, 2.24) is 14.8 Å². The predicted molar refractivity (Wildman–Crippen MR) is 161 cm³/mol. The highest BCUT2D eigenvalue weighted by atomic mass is 19.1. The molecule has 1 unspecified atom stereocenters. The van der Waals surface area contributed by atoms with Gasteiger partial charge < -0.3 is 24.0 Å². The van der Waals surface area contributed by atoms with Crippen LogP contribution < -0.4 is 14.5 Å². The fourth-order valence-corrected chi connectivity index (χ4v) is 6.14. The van der Waals surface area contributed by atoms with Crippen LogP contribution >= 0.6 is 0 Å². The van der Waals surface area contributed by atoms with E-state index in [1.807, 2.05) is 25.1 Å². The summed E-state index contributed by atoms with van der Waals surface area (Å²) in [4.78, 5) is 20.4. The first-order chi connectivity index (χ1) is 21.3. The van der Waals surface area contributed by atoms with E-state index in [9.17, 15) is 13.6 Å². The van der Waals surface area contributed by atoms with Crippen LogP contribution in [0.25, 0.3) is 0 Å². The molecule has 2 atom stereocenters. The van der Waals surface area contributed by atoms with Gasteiger partial charge in [0.2, 0.25) is 0 Å². The molecule has 230 valence electrons. The van der Waals surface area contributed by atoms with Crippen molar-refractivity contribution in [3.8, 4) is 5.75 Å². The van der Waals surface area contributed by atoms with Crippen LogP contribution in [0.3, 0.4) is 0 Å². The van der Waals surface area contributed by atoms with Crippen LogP contribution in [0.4, 0.5) is 20.2 Å². The number of benzene rings is 3. The number of esters is 1. The molecule has 11 heteroatoms. The van der Waals surface area contributed by atoms with Gasteiger partial charge in [-0.05, 0) is 67.4 Å². The van der Waals surface area contributed by atoms with E-state index >= 15 is 0 Å². The molecule has 0 N–H and O–H groups in total. The van der Waals surface area contributed by atoms with Crippen molar-refractivity contribution in [3.05, 3.63) is 102 Å². The van der Waals surface area contributed by atoms with Gasteiger partial charge in [0, 0.05) is 55.1 Å². The molecule has 1 aromatic heterocycles. The Hall–Kier alpha value is -4.51. The third kappa shape index (κ3) is 6.23. The number of nitrogens with zero attached hydrogens (tertiary/aromatic N) is 5. The van der Waals surface area contributed by atoms with Crippen molar-refractivity contribution >= 4 is 17.3 Å². The maximum atomic E-state index is 14.9. The van der Waals surface area contributed by atoms with Gasteiger partial charge in [-0.2, -0.15) is 5.10 Å². The van der Waals surface area contributed by atoms with Crippen LogP contribution in [-0.4, -0.2) is 67.2 Å². The topological polar surface area (TPSA) is 82.0 Å². The maximum absolute atomic E-state index is 14.9. The van der Waals surface area contributed by atoms with Crippen molar-refractivity contribution in [1.29, 1.82) is 0 Å². The first-order valence-corrected chi connectivity index (χ1v) is 14.7. The fourth-order valence-electron chi connectivity index (χ4n) is 6.14. The van der Waals surface area contributed by atoms with E-state index in [0.717, 1.165) is 54.9 Å². The summed E-state index contributed by atoms with van der Waals surface area (Å²) in [5, 5.41) is 4.18. The lowest BCUT2D eigenvalue weighted by molar-refractivity contribution is -0.0206. The Morgan fingerprint density at radius 1 is 1.00 bits per heavy atom. The minimum Gasteiger partial charge on any atom is -0.493 e. The molecule has 0 bridgehead atoms. The lowest BCUT2D eigenvalue weighted by Gasteiger charge is -2.37. The first kappa shape index (κ1) is 29.6. The predicted octanol–water partition coefficient (Wildman–Crippen LogP) is 4.99. The average molecular weight is 604 g/mol. The quantitative estimate of drug-likeness (QED) is 0.248. The van der Waals surface area contributed by atoms with Gasteiger partial charge in [0.1, 0.15) is 35.6 Å². The van der Waals surface area contributed by atoms with Crippen LogP contribution in [0, 0.1) is 24.5 Å². The Kier molecular flexibility index (Phi) is 8.47. The minimum absolute atomic E-state index is 0.00295. The number of carbonyl (C=O) groups is 1. The van der Waals surface area contributed by atoms with Gasteiger partial charge in [-0.15, -0.1) is 0 Å². The van der Waals surface area contributed by atoms with Crippen LogP contribution in [0.2, 0.25) is 0 Å². The Labute approximate surface area is 255 Å². The smallest absolute Gasteiger partial charge is 0.337 e. The highest BCUT2D eigenvalue weighted by Gasteiger charge is 2.44. The van der Waals surface area contributed by atoms with E-state index in [1.165, 1.54) is 25.6 Å². The van der Waals surface area contributed by atoms with Crippen LogP contribution in [0.15, 0.2) is 73.3 Å². The van der Waals surface area contributed by atoms with Gasteiger partial charge in [-0.25, -0.2) is 23.2 Å². The second-order valence-electron chi connectivity index (χ2n) is 11.4. The van der Waals surface area contributed by atoms with Crippen molar-refractivity contribution in [3.63, 3.8) is 0 Å². The summed E-state index contributed by atoms with van der Waals surface area (Å²) in [6.45, 7) is 6.52. The highest BCUT2D eigenvalue weighted by molar-refractivity contribution is 5.89. The van der Waals surface area contributed by atoms with Gasteiger partial charge in [-0.3, -0.25) is 0 Å². The molecule has 6 rings (SSSR count). The zero-order chi connectivity index (χ0) is 30.7. The molecule has 4 aromatic rings. The average Bonchev–Trinajstić information content (AvgIpc) is 3.71. The summed E-state index contributed by atoms with van der Waals surface area (Å²) >= 11 is 0. The lowest BCUT2D eigenvalue weighted by atomic mass is 9.87. The van der Waals surface area contributed by atoms with E-state index in [4.69, 9.17) is 14.2 Å². The van der Waals surface area contributed by atoms with Gasteiger partial charge in [-0.1, -0.05) is 6.07 Å². The standard InChI is InChI=1S/C33H35F2N5O4/c1-23-15-28(39-13-11-38(12-14-39)27-6-3-25(4-7-27)32(41)42-2)8-10-31(23)43-18-24-17-33(44-19-24,20-40-22-36-21-37-40)29-9-5-26(34)16-30(29)35/h3-10,15-16,21-22,24H,11-14,17-20H2,1-2H3/t24?,33-/m0/s1. The molecule has 0 spiro atoms. The number of anilines is 2. The molecule has 0 saturated carbocycles. The molecule has 9 nitrogen and oxygen atoms in total. The van der Waals surface area contributed by atoms with Crippen molar-refractivity contribution in [2.24, 2.45) is 5.92 Å². The summed E-state index contributed by atoms with van der Waals surface area (Å²) in [5.41, 5.74) is 3.08. The van der Waals surface area contributed by atoms with Gasteiger partial charge in [0.25, 0.3) is 0 Å². The van der Waals surface area contributed by atoms with E-state index in [-0.39, 0.29) is 18.4 Å². The molecule has 2 aliphatic rings. The van der Waals surface area contributed by atoms with Gasteiger partial charge in [0.15, 0.2) is 0 Å². The minimum atomic E-state index is -1.01. The van der Waals surface area contributed by atoms with Crippen molar-refractivity contribution < 1.29 is 27.8 Å². The summed E-state index contributed by atoms with van der Waals surface area (Å²) < 4.78 is 47.5. The summed E-state index contributed by atoms with van der Waals surface area (Å²) in [5.74, 6) is -0.822. The fraction of sp³-hybridized carbons (Fsp3) is 0.364. The number of carbonyl (C=O) groups excluding carboxylic acids is 1. The molecule has 44 heavy (non-hydrogen) atoms. The van der Waals surface area contributed by atoms with Crippen LogP contribution in [0.5, 0.6) is 5.75 Å². The lowest BCUT2D eigenvalue weighted by Crippen LogP contribution is -2.46. The molecule has 0 aliphatic carbocycles. The zero-order valence-electron chi connectivity index (χ0n) is 24.8. The number of piperazine rings is 1. The zero-order valence-corrected chi connectivity index (χ0v) is 24.8. The SMILES string of the molecule is COC(=O)c1ccc(N2CCN(c3ccc(OCC4CO[C@@](Cn5cncn5)(c5ccc(F)cc5F)C4)c(C)c3)CC2)cc1. The summed E-state index contributed by atoms with van der Waals surface area (Å²) in [6, 6.07) is 17.3. The van der Waals surface area contributed by atoms with E-state index < -0.39 is 17.2 Å². The second kappa shape index (κ2) is 12.6. The number of methoxy groups -OCH3 is 1. The van der Waals surface area contributed by atoms with Gasteiger partial charge in [0.05, 0.1) is 32.4 Å². The molecular formula is C33H35F2N5O4. The number of aryl methyl sites for hydroxylation is 1. The third-order valence-corrected chi connectivity index (χ3v) is 8.45. The normalized spacial score (nSPS) is 20.1. The third-order valence-electron chi connectivity index (χ3n) is 8.45. The Balaban J connectivity index is 1.06. The number of hydrogen-bond acceptors (Lipinski definition) is 8. The maximum Gasteiger partial charge on any atom is 0.337 e. The highest BCUT2D eigenvalue weighted by Crippen LogP contribution is 2.42. The Bertz CT molecular complexity index is 1590. The molecule has 3 heterocycles. The summed E-state index contributed by atoms with van der Waals surface area (Å²) in [7, 11) is 1.38. The van der Waals surface area contributed by atoms with Crippen molar-refractivity contribution in [2.75, 3.05) is 56.3 Å². The molecule has 2 aliphatic heterocycles.